The molecule has 2 aromatic rings. The summed E-state index contributed by atoms with van der Waals surface area (Å²) in [5.41, 5.74) is 0.864. The Morgan fingerprint density at radius 1 is 1.35 bits per heavy atom. The smallest absolute Gasteiger partial charge is 0.244 e. The molecule has 1 aromatic heterocycles. The molecule has 1 aromatic carbocycles. The van der Waals surface area contributed by atoms with E-state index in [2.05, 4.69) is 5.32 Å². The van der Waals surface area contributed by atoms with Gasteiger partial charge in [-0.1, -0.05) is 12.1 Å². The molecule has 0 radical (unpaired) electrons. The molecule has 2 heterocycles. The van der Waals surface area contributed by atoms with Crippen molar-refractivity contribution in [1.29, 1.82) is 0 Å². The first-order chi connectivity index (χ1) is 11.2. The van der Waals surface area contributed by atoms with Gasteiger partial charge in [0, 0.05) is 17.5 Å². The van der Waals surface area contributed by atoms with Crippen LogP contribution in [0.25, 0.3) is 6.08 Å². The van der Waals surface area contributed by atoms with Gasteiger partial charge < -0.3 is 19.9 Å². The van der Waals surface area contributed by atoms with E-state index in [1.807, 2.05) is 35.7 Å². The van der Waals surface area contributed by atoms with Gasteiger partial charge in [0.2, 0.25) is 12.7 Å². The average molecular weight is 331 g/mol. The SMILES string of the molecule is O=C(/C=C/c1ccc2c(c1)OCO2)NCC[C@H](O)c1cccs1. The maximum absolute atomic E-state index is 11.8. The number of nitrogens with one attached hydrogen (secondary N) is 1. The van der Waals surface area contributed by atoms with Crippen molar-refractivity contribution >= 4 is 23.3 Å². The lowest BCUT2D eigenvalue weighted by atomic mass is 10.2. The van der Waals surface area contributed by atoms with E-state index in [9.17, 15) is 9.90 Å². The van der Waals surface area contributed by atoms with E-state index in [-0.39, 0.29) is 12.7 Å². The van der Waals surface area contributed by atoms with Gasteiger partial charge >= 0.3 is 0 Å². The van der Waals surface area contributed by atoms with Gasteiger partial charge in [0.15, 0.2) is 11.5 Å². The van der Waals surface area contributed by atoms with Gasteiger partial charge in [-0.3, -0.25) is 4.79 Å². The van der Waals surface area contributed by atoms with E-state index in [4.69, 9.17) is 9.47 Å². The molecular weight excluding hydrogens is 314 g/mol. The lowest BCUT2D eigenvalue weighted by Crippen LogP contribution is -2.23. The predicted molar refractivity (Wildman–Crippen MR) is 88.5 cm³/mol. The van der Waals surface area contributed by atoms with Crippen LogP contribution in [-0.2, 0) is 4.79 Å². The summed E-state index contributed by atoms with van der Waals surface area (Å²) in [4.78, 5) is 12.7. The summed E-state index contributed by atoms with van der Waals surface area (Å²) in [6, 6.07) is 9.29. The molecular formula is C17H17NO4S. The van der Waals surface area contributed by atoms with Crippen molar-refractivity contribution < 1.29 is 19.4 Å². The number of aliphatic hydroxyl groups is 1. The van der Waals surface area contributed by atoms with Crippen molar-refractivity contribution in [3.8, 4) is 11.5 Å². The molecule has 0 unspecified atom stereocenters. The highest BCUT2D eigenvalue weighted by Crippen LogP contribution is 2.32. The highest BCUT2D eigenvalue weighted by atomic mass is 32.1. The van der Waals surface area contributed by atoms with Crippen molar-refractivity contribution in [2.45, 2.75) is 12.5 Å². The maximum atomic E-state index is 11.8. The normalized spacial score (nSPS) is 14.1. The molecule has 1 amide bonds. The van der Waals surface area contributed by atoms with Crippen LogP contribution >= 0.6 is 11.3 Å². The van der Waals surface area contributed by atoms with Crippen LogP contribution in [0.15, 0.2) is 41.8 Å². The van der Waals surface area contributed by atoms with Crippen LogP contribution in [0.3, 0.4) is 0 Å². The number of rotatable bonds is 6. The number of amides is 1. The molecule has 0 saturated carbocycles. The second kappa shape index (κ2) is 7.30. The summed E-state index contributed by atoms with van der Waals surface area (Å²) in [5.74, 6) is 1.21. The van der Waals surface area contributed by atoms with Gasteiger partial charge in [0.1, 0.15) is 0 Å². The zero-order chi connectivity index (χ0) is 16.1. The van der Waals surface area contributed by atoms with Gasteiger partial charge in [0.05, 0.1) is 6.10 Å². The highest BCUT2D eigenvalue weighted by Gasteiger charge is 2.12. The molecule has 0 saturated heterocycles. The zero-order valence-electron chi connectivity index (χ0n) is 12.4. The van der Waals surface area contributed by atoms with E-state index in [0.29, 0.717) is 24.5 Å². The van der Waals surface area contributed by atoms with Crippen LogP contribution in [0, 0.1) is 0 Å². The summed E-state index contributed by atoms with van der Waals surface area (Å²) >= 11 is 1.51. The number of aliphatic hydroxyl groups excluding tert-OH is 1. The molecule has 1 atom stereocenters. The molecule has 0 aliphatic carbocycles. The second-order valence-corrected chi connectivity index (χ2v) is 6.04. The number of ether oxygens (including phenoxy) is 2. The Balaban J connectivity index is 1.45. The third kappa shape index (κ3) is 4.12. The molecule has 23 heavy (non-hydrogen) atoms. The maximum Gasteiger partial charge on any atom is 0.244 e. The number of carbonyl (C=O) groups excluding carboxylic acids is 1. The summed E-state index contributed by atoms with van der Waals surface area (Å²) in [5, 5.41) is 14.6. The first-order valence-corrected chi connectivity index (χ1v) is 8.17. The number of hydrogen-bond acceptors (Lipinski definition) is 5. The number of benzene rings is 1. The molecule has 5 nitrogen and oxygen atoms in total. The van der Waals surface area contributed by atoms with Crippen LogP contribution in [0.5, 0.6) is 11.5 Å². The monoisotopic (exact) mass is 331 g/mol. The standard InChI is InChI=1S/C17H17NO4S/c19-13(16-2-1-9-23-16)7-8-18-17(20)6-4-12-3-5-14-15(10-12)22-11-21-14/h1-6,9-10,13,19H,7-8,11H2,(H,18,20)/b6-4+/t13-/m0/s1. The lowest BCUT2D eigenvalue weighted by Gasteiger charge is -2.08. The molecule has 0 fully saturated rings. The number of fused-ring (bicyclic) bond motifs is 1. The molecule has 0 bridgehead atoms. The van der Waals surface area contributed by atoms with Gasteiger partial charge in [-0.25, -0.2) is 0 Å². The molecule has 2 N–H and O–H groups in total. The predicted octanol–water partition coefficient (Wildman–Crippen LogP) is 2.73. The van der Waals surface area contributed by atoms with Crippen molar-refractivity contribution in [2.75, 3.05) is 13.3 Å². The molecule has 120 valence electrons. The number of thiophene rings is 1. The van der Waals surface area contributed by atoms with Crippen LogP contribution in [0.2, 0.25) is 0 Å². The molecule has 1 aliphatic rings. The van der Waals surface area contributed by atoms with Crippen molar-refractivity contribution in [3.05, 3.63) is 52.2 Å². The number of carbonyl (C=O) groups is 1. The third-order valence-electron chi connectivity index (χ3n) is 3.41. The first kappa shape index (κ1) is 15.6. The Bertz CT molecular complexity index is 697. The fraction of sp³-hybridized carbons (Fsp3) is 0.235. The van der Waals surface area contributed by atoms with Gasteiger partial charge in [-0.15, -0.1) is 11.3 Å². The fourth-order valence-electron chi connectivity index (χ4n) is 2.20. The Morgan fingerprint density at radius 2 is 2.22 bits per heavy atom. The summed E-state index contributed by atoms with van der Waals surface area (Å²) in [6.07, 6.45) is 3.14. The quantitative estimate of drug-likeness (QED) is 0.799. The van der Waals surface area contributed by atoms with Crippen LogP contribution in [0.1, 0.15) is 23.0 Å². The largest absolute Gasteiger partial charge is 0.454 e. The van der Waals surface area contributed by atoms with E-state index in [1.54, 1.807) is 6.08 Å². The minimum Gasteiger partial charge on any atom is -0.454 e. The van der Waals surface area contributed by atoms with Crippen molar-refractivity contribution in [1.82, 2.24) is 5.32 Å². The Morgan fingerprint density at radius 3 is 3.04 bits per heavy atom. The molecule has 6 heteroatoms. The van der Waals surface area contributed by atoms with Crippen LogP contribution in [0.4, 0.5) is 0 Å². The fourth-order valence-corrected chi connectivity index (χ4v) is 2.95. The van der Waals surface area contributed by atoms with Gasteiger partial charge in [-0.2, -0.15) is 0 Å². The van der Waals surface area contributed by atoms with Crippen molar-refractivity contribution in [2.24, 2.45) is 0 Å². The van der Waals surface area contributed by atoms with Crippen LogP contribution < -0.4 is 14.8 Å². The van der Waals surface area contributed by atoms with Crippen LogP contribution in [-0.4, -0.2) is 24.4 Å². The Kier molecular flexibility index (Phi) is 4.95. The minimum atomic E-state index is -0.534. The Labute approximate surface area is 138 Å². The van der Waals surface area contributed by atoms with E-state index in [0.717, 1.165) is 10.4 Å². The van der Waals surface area contributed by atoms with Gasteiger partial charge in [0.25, 0.3) is 0 Å². The molecule has 0 spiro atoms. The van der Waals surface area contributed by atoms with E-state index >= 15 is 0 Å². The molecule has 1 aliphatic heterocycles. The van der Waals surface area contributed by atoms with Gasteiger partial charge in [-0.05, 0) is 41.6 Å². The average Bonchev–Trinajstić information content (AvgIpc) is 3.23. The Hall–Kier alpha value is -2.31. The second-order valence-electron chi connectivity index (χ2n) is 5.06. The third-order valence-corrected chi connectivity index (χ3v) is 4.39. The lowest BCUT2D eigenvalue weighted by molar-refractivity contribution is -0.116. The summed E-state index contributed by atoms with van der Waals surface area (Å²) in [7, 11) is 0. The zero-order valence-corrected chi connectivity index (χ0v) is 13.2. The topological polar surface area (TPSA) is 67.8 Å². The summed E-state index contributed by atoms with van der Waals surface area (Å²) in [6.45, 7) is 0.652. The minimum absolute atomic E-state index is 0.193. The highest BCUT2D eigenvalue weighted by molar-refractivity contribution is 7.10. The van der Waals surface area contributed by atoms with E-state index < -0.39 is 6.10 Å². The van der Waals surface area contributed by atoms with E-state index in [1.165, 1.54) is 17.4 Å². The summed E-state index contributed by atoms with van der Waals surface area (Å²) < 4.78 is 10.5. The van der Waals surface area contributed by atoms with Crippen molar-refractivity contribution in [3.63, 3.8) is 0 Å². The number of hydrogen-bond donors (Lipinski definition) is 2. The molecule has 3 rings (SSSR count). The first-order valence-electron chi connectivity index (χ1n) is 7.29.